The van der Waals surface area contributed by atoms with Gasteiger partial charge in [-0.1, -0.05) is 23.7 Å². The Morgan fingerprint density at radius 3 is 2.53 bits per heavy atom. The lowest BCUT2D eigenvalue weighted by molar-refractivity contribution is -0.118. The molecule has 0 aliphatic rings. The number of carbonyl (C=O) groups is 1. The molecule has 1 heterocycles. The van der Waals surface area contributed by atoms with Crippen molar-refractivity contribution in [1.82, 2.24) is 4.98 Å². The van der Waals surface area contributed by atoms with Crippen molar-refractivity contribution >= 4 is 34.3 Å². The Morgan fingerprint density at radius 2 is 1.77 bits per heavy atom. The van der Waals surface area contributed by atoms with Gasteiger partial charge in [-0.05, 0) is 79.9 Å². The zero-order valence-electron chi connectivity index (χ0n) is 17.0. The number of anilines is 1. The molecule has 6 heteroatoms. The fraction of sp³-hybridized carbons (Fsp3) is 0.167. The fourth-order valence-electron chi connectivity index (χ4n) is 3.26. The Hall–Kier alpha value is -3.31. The van der Waals surface area contributed by atoms with Gasteiger partial charge in [0, 0.05) is 5.56 Å². The van der Waals surface area contributed by atoms with Crippen molar-refractivity contribution < 1.29 is 13.9 Å². The Kier molecular flexibility index (Phi) is 5.46. The molecule has 0 radical (unpaired) electrons. The van der Waals surface area contributed by atoms with Crippen LogP contribution in [0.1, 0.15) is 16.7 Å². The van der Waals surface area contributed by atoms with Crippen molar-refractivity contribution in [2.24, 2.45) is 0 Å². The third kappa shape index (κ3) is 4.47. The van der Waals surface area contributed by atoms with E-state index < -0.39 is 0 Å². The van der Waals surface area contributed by atoms with Crippen molar-refractivity contribution in [3.8, 4) is 17.2 Å². The van der Waals surface area contributed by atoms with Crippen molar-refractivity contribution in [1.29, 1.82) is 0 Å². The molecule has 1 amide bonds. The topological polar surface area (TPSA) is 64.4 Å². The van der Waals surface area contributed by atoms with E-state index in [9.17, 15) is 4.79 Å². The minimum atomic E-state index is -0.304. The number of rotatable bonds is 5. The predicted octanol–water partition coefficient (Wildman–Crippen LogP) is 6.09. The van der Waals surface area contributed by atoms with E-state index in [0.29, 0.717) is 27.9 Å². The Balaban J connectivity index is 1.50. The Morgan fingerprint density at radius 1 is 1.00 bits per heavy atom. The van der Waals surface area contributed by atoms with Gasteiger partial charge in [0.15, 0.2) is 12.2 Å². The highest BCUT2D eigenvalue weighted by Gasteiger charge is 2.13. The molecule has 152 valence electrons. The lowest BCUT2D eigenvalue weighted by atomic mass is 10.1. The number of amides is 1. The number of carbonyl (C=O) groups excluding carboxylic acids is 1. The van der Waals surface area contributed by atoms with E-state index in [0.717, 1.165) is 27.8 Å². The second-order valence-electron chi connectivity index (χ2n) is 7.35. The van der Waals surface area contributed by atoms with Crippen LogP contribution in [0, 0.1) is 20.8 Å². The molecule has 1 N–H and O–H groups in total. The Bertz CT molecular complexity index is 1230. The number of aryl methyl sites for hydroxylation is 3. The van der Waals surface area contributed by atoms with Gasteiger partial charge in [-0.3, -0.25) is 4.79 Å². The number of hydrogen-bond acceptors (Lipinski definition) is 4. The lowest BCUT2D eigenvalue weighted by Gasteiger charge is -2.10. The first-order valence-electron chi connectivity index (χ1n) is 9.55. The summed E-state index contributed by atoms with van der Waals surface area (Å²) < 4.78 is 11.5. The summed E-state index contributed by atoms with van der Waals surface area (Å²) in [6, 6.07) is 16.9. The summed E-state index contributed by atoms with van der Waals surface area (Å²) in [5, 5.41) is 3.22. The second kappa shape index (κ2) is 8.20. The zero-order chi connectivity index (χ0) is 21.3. The van der Waals surface area contributed by atoms with Gasteiger partial charge in [-0.2, -0.15) is 0 Å². The number of ether oxygens (including phenoxy) is 1. The molecule has 4 rings (SSSR count). The summed E-state index contributed by atoms with van der Waals surface area (Å²) in [5.41, 5.74) is 5.94. The molecule has 0 aliphatic carbocycles. The molecular weight excluding hydrogens is 400 g/mol. The van der Waals surface area contributed by atoms with Crippen LogP contribution in [0.5, 0.6) is 5.75 Å². The number of benzene rings is 3. The highest BCUT2D eigenvalue weighted by atomic mass is 35.5. The monoisotopic (exact) mass is 420 g/mol. The van der Waals surface area contributed by atoms with Crippen LogP contribution in [0.15, 0.2) is 59.0 Å². The molecule has 0 atom stereocenters. The second-order valence-corrected chi connectivity index (χ2v) is 7.75. The summed E-state index contributed by atoms with van der Waals surface area (Å²) in [6.07, 6.45) is 0. The molecule has 30 heavy (non-hydrogen) atoms. The van der Waals surface area contributed by atoms with Gasteiger partial charge in [-0.15, -0.1) is 0 Å². The van der Waals surface area contributed by atoms with Gasteiger partial charge in [0.2, 0.25) is 5.89 Å². The van der Waals surface area contributed by atoms with Crippen molar-refractivity contribution in [3.63, 3.8) is 0 Å². The molecule has 0 saturated carbocycles. The van der Waals surface area contributed by atoms with Crippen molar-refractivity contribution in [2.75, 3.05) is 11.9 Å². The fourth-order valence-corrected chi connectivity index (χ4v) is 3.43. The number of oxazole rings is 1. The van der Waals surface area contributed by atoms with Gasteiger partial charge in [0.05, 0.1) is 10.7 Å². The summed E-state index contributed by atoms with van der Waals surface area (Å²) in [7, 11) is 0. The summed E-state index contributed by atoms with van der Waals surface area (Å²) in [6.45, 7) is 5.85. The van der Waals surface area contributed by atoms with E-state index in [1.54, 1.807) is 12.1 Å². The molecule has 0 unspecified atom stereocenters. The first-order valence-corrected chi connectivity index (χ1v) is 9.93. The van der Waals surface area contributed by atoms with Gasteiger partial charge >= 0.3 is 0 Å². The first kappa shape index (κ1) is 20.0. The van der Waals surface area contributed by atoms with Gasteiger partial charge in [0.1, 0.15) is 11.3 Å². The van der Waals surface area contributed by atoms with Crippen LogP contribution < -0.4 is 10.1 Å². The summed E-state index contributed by atoms with van der Waals surface area (Å²) in [4.78, 5) is 16.9. The maximum atomic E-state index is 12.4. The highest BCUT2D eigenvalue weighted by Crippen LogP contribution is 2.30. The van der Waals surface area contributed by atoms with Crippen LogP contribution in [-0.2, 0) is 4.79 Å². The molecule has 0 aliphatic heterocycles. The van der Waals surface area contributed by atoms with Crippen molar-refractivity contribution in [3.05, 3.63) is 76.3 Å². The van der Waals surface area contributed by atoms with E-state index in [2.05, 4.69) is 10.3 Å². The number of aromatic nitrogens is 1. The van der Waals surface area contributed by atoms with Crippen molar-refractivity contribution in [2.45, 2.75) is 20.8 Å². The normalized spacial score (nSPS) is 10.9. The Labute approximate surface area is 179 Å². The third-order valence-electron chi connectivity index (χ3n) is 4.60. The minimum Gasteiger partial charge on any atom is -0.484 e. The van der Waals surface area contributed by atoms with Crippen LogP contribution in [0.3, 0.4) is 0 Å². The summed E-state index contributed by atoms with van der Waals surface area (Å²) >= 11 is 6.28. The molecular formula is C24H21ClN2O3. The first-order chi connectivity index (χ1) is 14.4. The number of fused-ring (bicyclic) bond motifs is 1. The van der Waals surface area contributed by atoms with Gasteiger partial charge < -0.3 is 14.5 Å². The number of nitrogens with one attached hydrogen (secondary N) is 1. The number of nitrogens with zero attached hydrogens (tertiary/aromatic N) is 1. The number of hydrogen-bond donors (Lipinski definition) is 1. The van der Waals surface area contributed by atoms with Crippen LogP contribution in [0.25, 0.3) is 22.6 Å². The average molecular weight is 421 g/mol. The third-order valence-corrected chi connectivity index (χ3v) is 4.93. The van der Waals surface area contributed by atoms with Gasteiger partial charge in [-0.25, -0.2) is 4.98 Å². The molecule has 5 nitrogen and oxygen atoms in total. The standard InChI is InChI=1S/C24H21ClN2O3/c1-14-4-7-20-22(11-14)30-24(27-20)17-5-6-19(25)21(12-17)26-23(28)13-29-18-9-15(2)8-16(3)10-18/h4-12H,13H2,1-3H3,(H,26,28). The van der Waals surface area contributed by atoms with Gasteiger partial charge in [0.25, 0.3) is 5.91 Å². The van der Waals surface area contributed by atoms with E-state index in [1.807, 2.05) is 63.2 Å². The predicted molar refractivity (Wildman–Crippen MR) is 119 cm³/mol. The van der Waals surface area contributed by atoms with E-state index in [1.165, 1.54) is 0 Å². The minimum absolute atomic E-state index is 0.119. The number of halogens is 1. The summed E-state index contributed by atoms with van der Waals surface area (Å²) in [5.74, 6) is 0.819. The van der Waals surface area contributed by atoms with Crippen LogP contribution in [0.4, 0.5) is 5.69 Å². The maximum Gasteiger partial charge on any atom is 0.262 e. The van der Waals surface area contributed by atoms with Crippen LogP contribution in [0.2, 0.25) is 5.02 Å². The van der Waals surface area contributed by atoms with Crippen LogP contribution in [-0.4, -0.2) is 17.5 Å². The zero-order valence-corrected chi connectivity index (χ0v) is 17.7. The van der Waals surface area contributed by atoms with E-state index in [4.69, 9.17) is 20.8 Å². The van der Waals surface area contributed by atoms with E-state index >= 15 is 0 Å². The molecule has 0 spiro atoms. The van der Waals surface area contributed by atoms with E-state index in [-0.39, 0.29) is 12.5 Å². The highest BCUT2D eigenvalue weighted by molar-refractivity contribution is 6.33. The maximum absolute atomic E-state index is 12.4. The van der Waals surface area contributed by atoms with Crippen LogP contribution >= 0.6 is 11.6 Å². The quantitative estimate of drug-likeness (QED) is 0.424. The SMILES string of the molecule is Cc1cc(C)cc(OCC(=O)Nc2cc(-c3nc4ccc(C)cc4o3)ccc2Cl)c1. The molecule has 4 aromatic rings. The molecule has 0 bridgehead atoms. The smallest absolute Gasteiger partial charge is 0.262 e. The molecule has 0 saturated heterocycles. The molecule has 1 aromatic heterocycles. The largest absolute Gasteiger partial charge is 0.484 e. The molecule has 0 fully saturated rings. The lowest BCUT2D eigenvalue weighted by Crippen LogP contribution is -2.20. The molecule has 3 aromatic carbocycles. The average Bonchev–Trinajstić information content (AvgIpc) is 3.10.